The van der Waals surface area contributed by atoms with Crippen LogP contribution in [-0.2, 0) is 44.5 Å². The number of aromatic nitrogens is 2. The number of methoxy groups -OCH3 is 1. The molecule has 0 radical (unpaired) electrons. The molecular formula is C61H73N5O17. The summed E-state index contributed by atoms with van der Waals surface area (Å²) in [6, 6.07) is 4.49. The number of nitrogens with zero attached hydrogens (tertiary/aromatic N) is 4. The number of benzene rings is 3. The molecule has 22 nitrogen and oxygen atoms in total. The molecule has 3 aromatic carbocycles. The number of piperazine rings is 1. The molecule has 0 saturated carbocycles. The van der Waals surface area contributed by atoms with Crippen molar-refractivity contribution in [2.75, 3.05) is 63.3 Å². The summed E-state index contributed by atoms with van der Waals surface area (Å²) in [5.41, 5.74) is -2.09. The van der Waals surface area contributed by atoms with Crippen LogP contribution in [-0.4, -0.2) is 142 Å². The van der Waals surface area contributed by atoms with E-state index >= 15 is 4.79 Å². The number of aliphatic hydroxyl groups excluding tert-OH is 3. The number of aryl methyl sites for hydroxylation is 1. The molecule has 2 aromatic heterocycles. The van der Waals surface area contributed by atoms with E-state index in [-0.39, 0.29) is 55.3 Å². The normalized spacial score (nSPS) is 26.1. The first-order valence-electron chi connectivity index (χ1n) is 27.8. The van der Waals surface area contributed by atoms with Crippen molar-refractivity contribution in [3.63, 3.8) is 0 Å². The number of hydrogen-bond acceptors (Lipinski definition) is 21. The summed E-state index contributed by atoms with van der Waals surface area (Å²) in [5, 5.41) is 49.8. The van der Waals surface area contributed by atoms with E-state index in [1.165, 1.54) is 83.0 Å². The zero-order valence-electron chi connectivity index (χ0n) is 48.5. The summed E-state index contributed by atoms with van der Waals surface area (Å²) in [6.45, 7) is 18.7. The number of phenolic OH excluding ortho intramolecular Hbond substituents is 1. The van der Waals surface area contributed by atoms with Crippen molar-refractivity contribution >= 4 is 73.9 Å². The topological polar surface area (TPSA) is 296 Å². The second-order valence-corrected chi connectivity index (χ2v) is 22.2. The Labute approximate surface area is 478 Å². The molecule has 0 spiro atoms. The Kier molecular flexibility index (Phi) is 18.6. The maximum Gasteiger partial charge on any atom is 0.344 e. The molecular weight excluding hydrogens is 1070 g/mol. The van der Waals surface area contributed by atoms with Crippen LogP contribution in [0.15, 0.2) is 80.7 Å². The molecule has 83 heavy (non-hydrogen) atoms. The van der Waals surface area contributed by atoms with Crippen LogP contribution in [0.5, 0.6) is 11.5 Å². The van der Waals surface area contributed by atoms with Gasteiger partial charge in [0.1, 0.15) is 35.4 Å². The molecule has 4 aliphatic heterocycles. The van der Waals surface area contributed by atoms with Gasteiger partial charge in [0.05, 0.1) is 46.3 Å². The molecule has 1 fully saturated rings. The van der Waals surface area contributed by atoms with Gasteiger partial charge in [0.2, 0.25) is 10.9 Å². The van der Waals surface area contributed by atoms with Crippen LogP contribution in [0.3, 0.4) is 0 Å². The molecule has 1 amide bonds. The summed E-state index contributed by atoms with van der Waals surface area (Å²) >= 11 is 0. The van der Waals surface area contributed by atoms with Gasteiger partial charge < -0.3 is 63.5 Å². The summed E-state index contributed by atoms with van der Waals surface area (Å²) < 4.78 is 41.5. The monoisotopic (exact) mass is 1150 g/mol. The molecule has 5 aromatic rings. The molecule has 9 unspecified atom stereocenters. The Balaban J connectivity index is 1.31. The maximum absolute atomic E-state index is 15.3. The quantitative estimate of drug-likeness (QED) is 0.0460. The average molecular weight is 1150 g/mol. The van der Waals surface area contributed by atoms with Crippen LogP contribution in [0.1, 0.15) is 83.8 Å². The number of amides is 1. The van der Waals surface area contributed by atoms with Crippen LogP contribution < -0.4 is 31.0 Å². The minimum Gasteiger partial charge on any atom is -0.507 e. The molecule has 9 rings (SSSR count). The van der Waals surface area contributed by atoms with Gasteiger partial charge in [-0.3, -0.25) is 29.1 Å². The van der Waals surface area contributed by atoms with E-state index < -0.39 is 124 Å². The van der Waals surface area contributed by atoms with Crippen molar-refractivity contribution in [3.05, 3.63) is 109 Å². The van der Waals surface area contributed by atoms with Crippen LogP contribution in [0.2, 0.25) is 0 Å². The smallest absolute Gasteiger partial charge is 0.344 e. The van der Waals surface area contributed by atoms with Gasteiger partial charge in [-0.15, -0.1) is 0 Å². The number of phenols is 1. The first kappa shape index (κ1) is 61.2. The second-order valence-electron chi connectivity index (χ2n) is 22.2. The number of carbonyl (C=O) groups is 4. The number of ether oxygens (including phenoxy) is 6. The molecule has 6 heterocycles. The lowest BCUT2D eigenvalue weighted by Gasteiger charge is -2.38. The number of aromatic hydroxyl groups is 1. The zero-order valence-corrected chi connectivity index (χ0v) is 48.5. The average Bonchev–Trinajstić information content (AvgIpc) is 2.12. The van der Waals surface area contributed by atoms with Gasteiger partial charge in [-0.25, -0.2) is 14.6 Å². The van der Waals surface area contributed by atoms with Crippen molar-refractivity contribution in [3.8, 4) is 11.5 Å². The number of esters is 3. The summed E-state index contributed by atoms with van der Waals surface area (Å²) in [4.78, 5) is 96.7. The number of rotatable bonds is 11. The largest absolute Gasteiger partial charge is 0.507 e. The van der Waals surface area contributed by atoms with E-state index in [1.54, 1.807) is 33.8 Å². The molecule has 444 valence electrons. The SMILES string of the molecule is CCc1cnccc1C(=O)OCC(=O)OC/C1=C/C=C/C(C)C(O)C(C)C(O)C(C)C(OC(C)=O)C(C)C(OC)/C=C/OC2(C)Oc3c(C)c(O)c4c(=O)c(c5oc6cc(N7CCN(CC(C)C)CC7)cc(=O)c6nc5c4c3=C2O)NC1=O. The Morgan fingerprint density at radius 2 is 1.66 bits per heavy atom. The van der Waals surface area contributed by atoms with E-state index in [9.17, 15) is 44.4 Å². The van der Waals surface area contributed by atoms with Crippen LogP contribution in [0.4, 0.5) is 11.4 Å². The lowest BCUT2D eigenvalue weighted by Crippen LogP contribution is -2.47. The molecule has 5 N–H and O–H groups in total. The fraction of sp³-hybridized carbons (Fsp3) is 0.475. The first-order valence-corrected chi connectivity index (χ1v) is 27.8. The minimum atomic E-state index is -2.07. The predicted octanol–water partition coefficient (Wildman–Crippen LogP) is 5.68. The van der Waals surface area contributed by atoms with Crippen LogP contribution >= 0.6 is 0 Å². The number of allylic oxidation sites excluding steroid dienone is 2. The van der Waals surface area contributed by atoms with Crippen molar-refractivity contribution < 1.29 is 72.4 Å². The lowest BCUT2D eigenvalue weighted by molar-refractivity contribution is -0.160. The Morgan fingerprint density at radius 3 is 2.34 bits per heavy atom. The number of fused-ring (bicyclic) bond motifs is 14. The predicted molar refractivity (Wildman–Crippen MR) is 308 cm³/mol. The number of hydrogen-bond donors (Lipinski definition) is 5. The third kappa shape index (κ3) is 12.6. The van der Waals surface area contributed by atoms with E-state index in [0.29, 0.717) is 36.7 Å². The van der Waals surface area contributed by atoms with Crippen molar-refractivity contribution in [1.82, 2.24) is 14.9 Å². The first-order chi connectivity index (χ1) is 39.4. The highest BCUT2D eigenvalue weighted by Crippen LogP contribution is 2.42. The van der Waals surface area contributed by atoms with Crippen molar-refractivity contribution in [2.24, 2.45) is 29.6 Å². The summed E-state index contributed by atoms with van der Waals surface area (Å²) in [7, 11) is 1.42. The van der Waals surface area contributed by atoms with Crippen LogP contribution in [0, 0.1) is 36.5 Å². The molecule has 22 heteroatoms. The minimum absolute atomic E-state index is 0.0335. The maximum atomic E-state index is 15.3. The van der Waals surface area contributed by atoms with Crippen molar-refractivity contribution in [1.29, 1.82) is 0 Å². The van der Waals surface area contributed by atoms with Gasteiger partial charge in [-0.2, -0.15) is 0 Å². The second kappa shape index (κ2) is 25.3. The number of aliphatic hydroxyl groups is 3. The highest BCUT2D eigenvalue weighted by atomic mass is 16.7. The van der Waals surface area contributed by atoms with E-state index in [4.69, 9.17) is 37.8 Å². The third-order valence-corrected chi connectivity index (χ3v) is 15.9. The standard InChI is InChI=1S/C61H73N5O17/c1-12-37-26-62-18-16-40(37)60(76)79-29-44(69)78-28-38-15-13-14-31(4)51(70)33(6)52(71)34(7)55(81-36(9)67)32(5)42(77-11)17-23-80-61(10)58(74)47-45-46(53(72)35(8)56(47)83-61)54(73)50(64-59(38)75)57-49(45)63-48-41(68)24-39(25-43(48)82-57)66-21-19-65(20-22-66)27-30(2)3/h13-18,23-26,30-34,42,51-52,55,70-72,74H,12,19-22,27-29H2,1-11H3,(H,64,75)/b14-13+,23-17+,38-15-. The van der Waals surface area contributed by atoms with Crippen LogP contribution in [0.25, 0.3) is 38.7 Å². The molecule has 4 aliphatic rings. The fourth-order valence-electron chi connectivity index (χ4n) is 11.1. The molecule has 5 bridgehead atoms. The zero-order chi connectivity index (χ0) is 60.4. The van der Waals surface area contributed by atoms with Crippen molar-refractivity contribution in [2.45, 2.75) is 106 Å². The van der Waals surface area contributed by atoms with E-state index in [0.717, 1.165) is 19.6 Å². The third-order valence-electron chi connectivity index (χ3n) is 15.9. The van der Waals surface area contributed by atoms with Gasteiger partial charge in [-0.05, 0) is 37.0 Å². The number of anilines is 2. The fourth-order valence-corrected chi connectivity index (χ4v) is 11.1. The van der Waals surface area contributed by atoms with E-state index in [1.807, 2.05) is 11.8 Å². The van der Waals surface area contributed by atoms with Gasteiger partial charge in [-0.1, -0.05) is 66.7 Å². The van der Waals surface area contributed by atoms with E-state index in [2.05, 4.69) is 29.0 Å². The molecule has 0 aliphatic carbocycles. The number of pyridine rings is 1. The highest BCUT2D eigenvalue weighted by Gasteiger charge is 2.44. The summed E-state index contributed by atoms with van der Waals surface area (Å²) in [6.07, 6.45) is 5.88. The Morgan fingerprint density at radius 1 is 0.940 bits per heavy atom. The lowest BCUT2D eigenvalue weighted by atomic mass is 9.78. The molecule has 9 atom stereocenters. The Bertz CT molecular complexity index is 3610. The Hall–Kier alpha value is -7.92. The number of carbonyl (C=O) groups excluding carboxylic acids is 4. The van der Waals surface area contributed by atoms with Gasteiger partial charge in [0.15, 0.2) is 29.0 Å². The van der Waals surface area contributed by atoms with Gasteiger partial charge in [0.25, 0.3) is 5.91 Å². The van der Waals surface area contributed by atoms with Gasteiger partial charge >= 0.3 is 23.7 Å². The molecule has 1 saturated heterocycles. The van der Waals surface area contributed by atoms with Gasteiger partial charge in [0, 0.05) is 119 Å². The number of nitrogens with one attached hydrogen (secondary N) is 1. The highest BCUT2D eigenvalue weighted by molar-refractivity contribution is 6.17. The summed E-state index contributed by atoms with van der Waals surface area (Å²) in [5.74, 6) is -9.59.